The first-order valence-corrected chi connectivity index (χ1v) is 14.5. The lowest BCUT2D eigenvalue weighted by molar-refractivity contribution is -0.117. The summed E-state index contributed by atoms with van der Waals surface area (Å²) in [6.45, 7) is 4.01. The van der Waals surface area contributed by atoms with Gasteiger partial charge in [0.05, 0.1) is 11.2 Å². The number of benzene rings is 4. The van der Waals surface area contributed by atoms with E-state index in [0.29, 0.717) is 17.9 Å². The van der Waals surface area contributed by atoms with Crippen LogP contribution in [-0.4, -0.2) is 34.2 Å². The highest BCUT2D eigenvalue weighted by Gasteiger charge is 2.18. The van der Waals surface area contributed by atoms with E-state index in [0.717, 1.165) is 87.1 Å². The van der Waals surface area contributed by atoms with Crippen molar-refractivity contribution in [3.63, 3.8) is 0 Å². The van der Waals surface area contributed by atoms with Crippen molar-refractivity contribution in [3.05, 3.63) is 96.3 Å². The number of hydrogen-bond donors (Lipinski definition) is 4. The second kappa shape index (κ2) is 10.9. The molecule has 2 aromatic heterocycles. The Morgan fingerprint density at radius 2 is 1.71 bits per heavy atom. The first kappa shape index (κ1) is 26.2. The Hall–Kier alpha value is -4.75. The van der Waals surface area contributed by atoms with Crippen LogP contribution in [0.5, 0.6) is 0 Å². The van der Waals surface area contributed by atoms with Crippen LogP contribution in [0.2, 0.25) is 0 Å². The van der Waals surface area contributed by atoms with Gasteiger partial charge in [0.1, 0.15) is 11.5 Å². The molecule has 4 N–H and O–H groups in total. The third-order valence-corrected chi connectivity index (χ3v) is 8.27. The number of piperidine rings is 1. The molecule has 0 saturated carbocycles. The van der Waals surface area contributed by atoms with Crippen LogP contribution in [0.4, 0.5) is 10.1 Å². The molecule has 1 amide bonds. The van der Waals surface area contributed by atoms with E-state index in [1.807, 2.05) is 55.5 Å². The van der Waals surface area contributed by atoms with Crippen LogP contribution >= 0.6 is 0 Å². The predicted molar refractivity (Wildman–Crippen MR) is 168 cm³/mol. The van der Waals surface area contributed by atoms with Gasteiger partial charge in [0.25, 0.3) is 0 Å². The lowest BCUT2D eigenvalue weighted by Crippen LogP contribution is -2.30. The van der Waals surface area contributed by atoms with Crippen molar-refractivity contribution in [2.75, 3.05) is 18.4 Å². The number of rotatable bonds is 6. The summed E-state index contributed by atoms with van der Waals surface area (Å²) in [7, 11) is 0. The number of aryl methyl sites for hydroxylation is 1. The van der Waals surface area contributed by atoms with Gasteiger partial charge in [-0.15, -0.1) is 0 Å². The van der Waals surface area contributed by atoms with Crippen LogP contribution in [0.3, 0.4) is 0 Å². The number of fused-ring (bicyclic) bond motifs is 2. The van der Waals surface area contributed by atoms with E-state index in [1.165, 1.54) is 6.07 Å². The van der Waals surface area contributed by atoms with Gasteiger partial charge >= 0.3 is 0 Å². The molecule has 0 bridgehead atoms. The molecule has 0 aliphatic carbocycles. The molecule has 1 aliphatic heterocycles. The summed E-state index contributed by atoms with van der Waals surface area (Å²) >= 11 is 0. The largest absolute Gasteiger partial charge is 0.353 e. The third-order valence-electron chi connectivity index (χ3n) is 8.27. The first-order valence-electron chi connectivity index (χ1n) is 14.5. The Kier molecular flexibility index (Phi) is 6.80. The summed E-state index contributed by atoms with van der Waals surface area (Å²) in [5, 5.41) is 16.2. The highest BCUT2D eigenvalue weighted by molar-refractivity contribution is 6.02. The molecule has 0 radical (unpaired) electrons. The molecule has 7 rings (SSSR count). The number of amides is 1. The molecule has 0 unspecified atom stereocenters. The molecule has 42 heavy (non-hydrogen) atoms. The maximum atomic E-state index is 14.7. The zero-order chi connectivity index (χ0) is 28.6. The molecular formula is C35H32FN5O. The van der Waals surface area contributed by atoms with Crippen molar-refractivity contribution in [2.45, 2.75) is 26.2 Å². The van der Waals surface area contributed by atoms with E-state index in [2.05, 4.69) is 44.0 Å². The van der Waals surface area contributed by atoms with Gasteiger partial charge in [0.2, 0.25) is 5.91 Å². The Balaban J connectivity index is 1.22. The molecule has 7 heteroatoms. The fourth-order valence-corrected chi connectivity index (χ4v) is 6.18. The number of aromatic amines is 2. The van der Waals surface area contributed by atoms with E-state index >= 15 is 0 Å². The van der Waals surface area contributed by atoms with Crippen molar-refractivity contribution < 1.29 is 9.18 Å². The minimum atomic E-state index is -0.248. The van der Waals surface area contributed by atoms with Gasteiger partial charge in [0.15, 0.2) is 0 Å². The van der Waals surface area contributed by atoms with Gasteiger partial charge in [-0.25, -0.2) is 4.39 Å². The van der Waals surface area contributed by atoms with Gasteiger partial charge in [-0.05, 0) is 103 Å². The molecule has 3 heterocycles. The smallest absolute Gasteiger partial charge is 0.224 e. The number of aromatic nitrogens is 3. The Morgan fingerprint density at radius 1 is 0.881 bits per heavy atom. The van der Waals surface area contributed by atoms with Crippen molar-refractivity contribution >= 4 is 33.4 Å². The van der Waals surface area contributed by atoms with E-state index in [4.69, 9.17) is 0 Å². The zero-order valence-electron chi connectivity index (χ0n) is 23.4. The minimum absolute atomic E-state index is 0.0691. The Bertz CT molecular complexity index is 1930. The van der Waals surface area contributed by atoms with Crippen LogP contribution in [0, 0.1) is 18.7 Å². The maximum Gasteiger partial charge on any atom is 0.224 e. The zero-order valence-corrected chi connectivity index (χ0v) is 23.4. The normalized spacial score (nSPS) is 14.0. The Labute approximate surface area is 243 Å². The van der Waals surface area contributed by atoms with E-state index < -0.39 is 0 Å². The fraction of sp³-hybridized carbons (Fsp3) is 0.200. The average molecular weight is 558 g/mol. The molecule has 0 spiro atoms. The summed E-state index contributed by atoms with van der Waals surface area (Å²) < 4.78 is 14.7. The van der Waals surface area contributed by atoms with Crippen molar-refractivity contribution in [1.29, 1.82) is 0 Å². The van der Waals surface area contributed by atoms with Crippen LogP contribution in [-0.2, 0) is 4.79 Å². The average Bonchev–Trinajstić information content (AvgIpc) is 3.61. The molecule has 1 saturated heterocycles. The second-order valence-corrected chi connectivity index (χ2v) is 11.3. The van der Waals surface area contributed by atoms with Crippen LogP contribution < -0.4 is 10.6 Å². The number of carbonyl (C=O) groups is 1. The minimum Gasteiger partial charge on any atom is -0.353 e. The lowest BCUT2D eigenvalue weighted by atomic mass is 9.94. The third kappa shape index (κ3) is 5.08. The SMILES string of the molecule is Cc1cc(NC(=O)CC2CCNCC2)cc(-c2ccc3[nH]nc(-c4cc5c(-c6ccccc6F)cccc5[nH]4)c3c2)c1. The summed E-state index contributed by atoms with van der Waals surface area (Å²) in [5.74, 6) is 0.257. The molecule has 0 atom stereocenters. The van der Waals surface area contributed by atoms with Crippen LogP contribution in [0.25, 0.3) is 55.4 Å². The molecule has 1 fully saturated rings. The molecule has 6 aromatic rings. The summed E-state index contributed by atoms with van der Waals surface area (Å²) in [4.78, 5) is 16.3. The summed E-state index contributed by atoms with van der Waals surface area (Å²) in [6, 6.07) is 27.2. The standard InChI is InChI=1S/C35H32FN5O/c1-21-15-24(18-25(16-21)38-34(42)17-22-11-13-37-14-12-22)23-9-10-32-29(19-23)35(41-40-32)33-20-28-26(6-4-8-31(28)39-33)27-5-2-3-7-30(27)36/h2-10,15-16,18-20,22,37,39H,11-14,17H2,1H3,(H,38,42)(H,40,41). The predicted octanol–water partition coefficient (Wildman–Crippen LogP) is 7.82. The first-order chi connectivity index (χ1) is 20.5. The quantitative estimate of drug-likeness (QED) is 0.168. The number of anilines is 1. The fourth-order valence-electron chi connectivity index (χ4n) is 6.18. The van der Waals surface area contributed by atoms with Crippen molar-refractivity contribution in [1.82, 2.24) is 20.5 Å². The maximum absolute atomic E-state index is 14.7. The van der Waals surface area contributed by atoms with Crippen molar-refractivity contribution in [2.24, 2.45) is 5.92 Å². The second-order valence-electron chi connectivity index (χ2n) is 11.3. The van der Waals surface area contributed by atoms with Gasteiger partial charge in [-0.2, -0.15) is 5.10 Å². The highest BCUT2D eigenvalue weighted by atomic mass is 19.1. The molecule has 6 nitrogen and oxygen atoms in total. The van der Waals surface area contributed by atoms with Gasteiger partial charge in [-0.1, -0.05) is 42.5 Å². The van der Waals surface area contributed by atoms with E-state index in [9.17, 15) is 9.18 Å². The Morgan fingerprint density at radius 3 is 2.57 bits per heavy atom. The van der Waals surface area contributed by atoms with Crippen LogP contribution in [0.1, 0.15) is 24.8 Å². The number of halogens is 1. The highest BCUT2D eigenvalue weighted by Crippen LogP contribution is 2.36. The molecular weight excluding hydrogens is 525 g/mol. The molecule has 210 valence electrons. The summed E-state index contributed by atoms with van der Waals surface area (Å²) in [5.41, 5.74) is 8.85. The van der Waals surface area contributed by atoms with E-state index in [-0.39, 0.29) is 11.7 Å². The molecule has 1 aliphatic rings. The van der Waals surface area contributed by atoms with Crippen molar-refractivity contribution in [3.8, 4) is 33.6 Å². The number of H-pyrrole nitrogens is 2. The van der Waals surface area contributed by atoms with Gasteiger partial charge in [-0.3, -0.25) is 9.89 Å². The summed E-state index contributed by atoms with van der Waals surface area (Å²) in [6.07, 6.45) is 2.64. The van der Waals surface area contributed by atoms with Crippen LogP contribution in [0.15, 0.2) is 84.9 Å². The number of nitrogens with zero attached hydrogens (tertiary/aromatic N) is 1. The monoisotopic (exact) mass is 557 g/mol. The number of carbonyl (C=O) groups excluding carboxylic acids is 1. The number of hydrogen-bond acceptors (Lipinski definition) is 3. The molecule has 4 aromatic carbocycles. The lowest BCUT2D eigenvalue weighted by Gasteiger charge is -2.22. The van der Waals surface area contributed by atoms with E-state index in [1.54, 1.807) is 12.1 Å². The van der Waals surface area contributed by atoms with Gasteiger partial charge < -0.3 is 15.6 Å². The topological polar surface area (TPSA) is 85.6 Å². The van der Waals surface area contributed by atoms with Gasteiger partial charge in [0, 0.05) is 34.0 Å². The number of nitrogens with one attached hydrogen (secondary N) is 4.